The maximum atomic E-state index is 12.1. The van der Waals surface area contributed by atoms with Crippen molar-refractivity contribution in [3.63, 3.8) is 0 Å². The summed E-state index contributed by atoms with van der Waals surface area (Å²) in [5.74, 6) is -0.250. The molecule has 0 aliphatic rings. The van der Waals surface area contributed by atoms with Crippen molar-refractivity contribution in [2.75, 3.05) is 0 Å². The number of carbonyl (C=O) groups excluding carboxylic acids is 1. The number of benzene rings is 2. The first-order valence-corrected chi connectivity index (χ1v) is 6.65. The monoisotopic (exact) mass is 292 g/mol. The summed E-state index contributed by atoms with van der Waals surface area (Å²) in [7, 11) is 0. The minimum atomic E-state index is -0.260. The highest BCUT2D eigenvalue weighted by molar-refractivity contribution is 5.94. The van der Waals surface area contributed by atoms with Gasteiger partial charge in [0.1, 0.15) is 0 Å². The fourth-order valence-electron chi connectivity index (χ4n) is 2.20. The molecule has 3 rings (SSSR count). The zero-order valence-electron chi connectivity index (χ0n) is 11.5. The Morgan fingerprint density at radius 1 is 1.14 bits per heavy atom. The zero-order chi connectivity index (χ0) is 15.5. The third-order valence-electron chi connectivity index (χ3n) is 3.29. The summed E-state index contributed by atoms with van der Waals surface area (Å²) >= 11 is 0. The fourth-order valence-corrected chi connectivity index (χ4v) is 2.20. The second-order valence-corrected chi connectivity index (χ2v) is 4.83. The molecule has 1 amide bonds. The molecule has 0 unspecified atom stereocenters. The SMILES string of the molecule is N#Cc1cccc(C(=O)NCc2ccc3[nH]c(=O)[nH]c3c2)c1. The number of amides is 1. The summed E-state index contributed by atoms with van der Waals surface area (Å²) in [6.45, 7) is 0.332. The molecular weight excluding hydrogens is 280 g/mol. The Morgan fingerprint density at radius 2 is 1.95 bits per heavy atom. The van der Waals surface area contributed by atoms with Gasteiger partial charge in [0, 0.05) is 12.1 Å². The molecule has 0 saturated heterocycles. The van der Waals surface area contributed by atoms with Crippen LogP contribution in [0.2, 0.25) is 0 Å². The van der Waals surface area contributed by atoms with Crippen LogP contribution in [0.5, 0.6) is 0 Å². The number of hydrogen-bond acceptors (Lipinski definition) is 3. The molecule has 22 heavy (non-hydrogen) atoms. The van der Waals surface area contributed by atoms with Crippen molar-refractivity contribution in [3.05, 3.63) is 69.6 Å². The predicted molar refractivity (Wildman–Crippen MR) is 81.2 cm³/mol. The first kappa shape index (κ1) is 13.6. The van der Waals surface area contributed by atoms with Gasteiger partial charge in [-0.25, -0.2) is 4.79 Å². The highest BCUT2D eigenvalue weighted by atomic mass is 16.1. The van der Waals surface area contributed by atoms with Gasteiger partial charge >= 0.3 is 5.69 Å². The van der Waals surface area contributed by atoms with Crippen LogP contribution in [-0.4, -0.2) is 15.9 Å². The standard InChI is InChI=1S/C16H12N4O2/c17-8-10-2-1-3-12(6-10)15(21)18-9-11-4-5-13-14(7-11)20-16(22)19-13/h1-7H,9H2,(H,18,21)(H2,19,20,22). The van der Waals surface area contributed by atoms with E-state index in [0.29, 0.717) is 23.2 Å². The third-order valence-corrected chi connectivity index (χ3v) is 3.29. The number of H-pyrrole nitrogens is 2. The van der Waals surface area contributed by atoms with E-state index in [0.717, 1.165) is 11.1 Å². The molecule has 0 bridgehead atoms. The average molecular weight is 292 g/mol. The Balaban J connectivity index is 1.74. The minimum absolute atomic E-state index is 0.250. The van der Waals surface area contributed by atoms with E-state index in [2.05, 4.69) is 15.3 Å². The van der Waals surface area contributed by atoms with Crippen LogP contribution in [0, 0.1) is 11.3 Å². The van der Waals surface area contributed by atoms with Crippen molar-refractivity contribution in [2.24, 2.45) is 0 Å². The highest BCUT2D eigenvalue weighted by Gasteiger charge is 2.06. The summed E-state index contributed by atoms with van der Waals surface area (Å²) in [5.41, 5.74) is 2.91. The molecule has 2 aromatic carbocycles. The van der Waals surface area contributed by atoms with E-state index in [1.165, 1.54) is 0 Å². The second kappa shape index (κ2) is 5.58. The van der Waals surface area contributed by atoms with Crippen molar-refractivity contribution < 1.29 is 4.79 Å². The summed E-state index contributed by atoms with van der Waals surface area (Å²) in [6, 6.07) is 13.9. The van der Waals surface area contributed by atoms with E-state index in [9.17, 15) is 9.59 Å². The van der Waals surface area contributed by atoms with E-state index < -0.39 is 0 Å². The zero-order valence-corrected chi connectivity index (χ0v) is 11.5. The van der Waals surface area contributed by atoms with Crippen LogP contribution in [0.1, 0.15) is 21.5 Å². The molecule has 0 fully saturated rings. The lowest BCUT2D eigenvalue weighted by molar-refractivity contribution is 0.0951. The molecule has 0 saturated carbocycles. The molecule has 6 heteroatoms. The number of nitrogens with zero attached hydrogens (tertiary/aromatic N) is 1. The van der Waals surface area contributed by atoms with Crippen LogP contribution in [-0.2, 0) is 6.54 Å². The number of nitrogens with one attached hydrogen (secondary N) is 3. The first-order valence-electron chi connectivity index (χ1n) is 6.65. The van der Waals surface area contributed by atoms with Crippen molar-refractivity contribution >= 4 is 16.9 Å². The van der Waals surface area contributed by atoms with Crippen molar-refractivity contribution in [1.82, 2.24) is 15.3 Å². The van der Waals surface area contributed by atoms with Crippen molar-refractivity contribution in [2.45, 2.75) is 6.54 Å². The van der Waals surface area contributed by atoms with Gasteiger partial charge in [-0.1, -0.05) is 12.1 Å². The summed E-state index contributed by atoms with van der Waals surface area (Å²) in [6.07, 6.45) is 0. The van der Waals surface area contributed by atoms with Gasteiger partial charge in [0.15, 0.2) is 0 Å². The van der Waals surface area contributed by atoms with E-state index in [4.69, 9.17) is 5.26 Å². The lowest BCUT2D eigenvalue weighted by Gasteiger charge is -2.06. The van der Waals surface area contributed by atoms with E-state index in [1.807, 2.05) is 12.1 Å². The third kappa shape index (κ3) is 2.74. The molecule has 0 aliphatic carbocycles. The van der Waals surface area contributed by atoms with Gasteiger partial charge in [-0.2, -0.15) is 5.26 Å². The van der Waals surface area contributed by atoms with Crippen LogP contribution < -0.4 is 11.0 Å². The van der Waals surface area contributed by atoms with Gasteiger partial charge in [0.25, 0.3) is 5.91 Å². The predicted octanol–water partition coefficient (Wildman–Crippen LogP) is 1.66. The van der Waals surface area contributed by atoms with Gasteiger partial charge in [0.2, 0.25) is 0 Å². The fraction of sp³-hybridized carbons (Fsp3) is 0.0625. The molecule has 1 heterocycles. The maximum Gasteiger partial charge on any atom is 0.323 e. The quantitative estimate of drug-likeness (QED) is 0.684. The molecule has 0 spiro atoms. The molecule has 0 atom stereocenters. The number of hydrogen-bond donors (Lipinski definition) is 3. The van der Waals surface area contributed by atoms with E-state index in [-0.39, 0.29) is 11.6 Å². The first-order chi connectivity index (χ1) is 10.7. The smallest absolute Gasteiger partial charge is 0.323 e. The van der Waals surface area contributed by atoms with Crippen LogP contribution >= 0.6 is 0 Å². The van der Waals surface area contributed by atoms with Gasteiger partial charge in [-0.05, 0) is 35.9 Å². The molecule has 0 radical (unpaired) electrons. The Labute approximate surface area is 125 Å². The number of imidazole rings is 1. The van der Waals surface area contributed by atoms with Crippen molar-refractivity contribution in [3.8, 4) is 6.07 Å². The Bertz CT molecular complexity index is 946. The maximum absolute atomic E-state index is 12.1. The number of carbonyl (C=O) groups is 1. The van der Waals surface area contributed by atoms with Crippen LogP contribution in [0.25, 0.3) is 11.0 Å². The molecule has 3 N–H and O–H groups in total. The molecule has 1 aromatic heterocycles. The van der Waals surface area contributed by atoms with Gasteiger partial charge in [0.05, 0.1) is 22.7 Å². The van der Waals surface area contributed by atoms with Gasteiger partial charge in [-0.15, -0.1) is 0 Å². The van der Waals surface area contributed by atoms with Crippen LogP contribution in [0.4, 0.5) is 0 Å². The number of rotatable bonds is 3. The lowest BCUT2D eigenvalue weighted by Crippen LogP contribution is -2.22. The van der Waals surface area contributed by atoms with Crippen LogP contribution in [0.3, 0.4) is 0 Å². The largest absolute Gasteiger partial charge is 0.348 e. The highest BCUT2D eigenvalue weighted by Crippen LogP contribution is 2.10. The topological polar surface area (TPSA) is 102 Å². The lowest BCUT2D eigenvalue weighted by atomic mass is 10.1. The number of nitriles is 1. The molecule has 6 nitrogen and oxygen atoms in total. The number of aromatic nitrogens is 2. The molecule has 0 aliphatic heterocycles. The van der Waals surface area contributed by atoms with Crippen LogP contribution in [0.15, 0.2) is 47.3 Å². The summed E-state index contributed by atoms with van der Waals surface area (Å²) in [4.78, 5) is 28.6. The minimum Gasteiger partial charge on any atom is -0.348 e. The van der Waals surface area contributed by atoms with E-state index >= 15 is 0 Å². The van der Waals surface area contributed by atoms with Gasteiger partial charge in [-0.3, -0.25) is 4.79 Å². The second-order valence-electron chi connectivity index (χ2n) is 4.83. The molecule has 108 valence electrons. The Morgan fingerprint density at radius 3 is 2.77 bits per heavy atom. The van der Waals surface area contributed by atoms with Crippen molar-refractivity contribution in [1.29, 1.82) is 5.26 Å². The number of aromatic amines is 2. The molecule has 3 aromatic rings. The Kier molecular flexibility index (Phi) is 3.46. The number of fused-ring (bicyclic) bond motifs is 1. The summed E-state index contributed by atoms with van der Waals surface area (Å²) in [5, 5.41) is 11.6. The normalized spacial score (nSPS) is 10.3. The van der Waals surface area contributed by atoms with Gasteiger partial charge < -0.3 is 15.3 Å². The Hall–Kier alpha value is -3.33. The summed E-state index contributed by atoms with van der Waals surface area (Å²) < 4.78 is 0. The van der Waals surface area contributed by atoms with E-state index in [1.54, 1.807) is 36.4 Å². The average Bonchev–Trinajstić information content (AvgIpc) is 2.91. The molecular formula is C16H12N4O2.